The Kier molecular flexibility index (Phi) is 5.75. The number of nitrogens with zero attached hydrogens (tertiary/aromatic N) is 2. The van der Waals surface area contributed by atoms with Crippen LogP contribution in [0.4, 0.5) is 5.13 Å². The number of halogens is 1. The molecule has 3 aromatic rings. The standard InChI is InChI=1S/C18H21N3O2S.ClH/c1-10-12(3)24-18(20-10)19-9-16(22)17-11(2)21(4)15-7-6-13(23-5)8-14(15)17;/h6-8H,9H2,1-5H3,(H,19,20);1H. The number of aryl methyl sites for hydroxylation is 3. The fourth-order valence-electron chi connectivity index (χ4n) is 2.82. The zero-order valence-corrected chi connectivity index (χ0v) is 16.6. The van der Waals surface area contributed by atoms with E-state index in [-0.39, 0.29) is 24.7 Å². The zero-order chi connectivity index (χ0) is 17.4. The van der Waals surface area contributed by atoms with E-state index in [2.05, 4.69) is 10.3 Å². The van der Waals surface area contributed by atoms with Crippen molar-refractivity contribution in [2.45, 2.75) is 20.8 Å². The summed E-state index contributed by atoms with van der Waals surface area (Å²) in [5, 5.41) is 4.86. The number of ether oxygens (including phenoxy) is 1. The number of methoxy groups -OCH3 is 1. The van der Waals surface area contributed by atoms with E-state index in [1.165, 1.54) is 0 Å². The summed E-state index contributed by atoms with van der Waals surface area (Å²) in [6.45, 7) is 6.20. The first-order valence-corrected chi connectivity index (χ1v) is 8.58. The third-order valence-corrected chi connectivity index (χ3v) is 5.44. The average Bonchev–Trinajstić information content (AvgIpc) is 3.02. The Balaban J connectivity index is 0.00000225. The van der Waals surface area contributed by atoms with Crippen LogP contribution in [0.1, 0.15) is 26.6 Å². The molecule has 1 aromatic carbocycles. The minimum Gasteiger partial charge on any atom is -0.497 e. The Bertz CT molecular complexity index is 911. The van der Waals surface area contributed by atoms with Crippen LogP contribution in [-0.4, -0.2) is 29.0 Å². The summed E-state index contributed by atoms with van der Waals surface area (Å²) in [6.07, 6.45) is 0. The molecule has 0 unspecified atom stereocenters. The molecule has 2 aromatic heterocycles. The molecule has 0 radical (unpaired) electrons. The average molecular weight is 380 g/mol. The van der Waals surface area contributed by atoms with Gasteiger partial charge in [-0.25, -0.2) is 4.98 Å². The predicted octanol–water partition coefficient (Wildman–Crippen LogP) is 4.29. The monoisotopic (exact) mass is 379 g/mol. The third-order valence-electron chi connectivity index (χ3n) is 4.41. The zero-order valence-electron chi connectivity index (χ0n) is 15.0. The number of aromatic nitrogens is 2. The molecule has 2 heterocycles. The Morgan fingerprint density at radius 3 is 2.64 bits per heavy atom. The molecule has 0 saturated heterocycles. The van der Waals surface area contributed by atoms with Gasteiger partial charge in [-0.2, -0.15) is 0 Å². The predicted molar refractivity (Wildman–Crippen MR) is 106 cm³/mol. The van der Waals surface area contributed by atoms with Crippen molar-refractivity contribution < 1.29 is 9.53 Å². The first-order chi connectivity index (χ1) is 11.4. The maximum absolute atomic E-state index is 12.8. The van der Waals surface area contributed by atoms with Crippen LogP contribution in [-0.2, 0) is 7.05 Å². The number of nitrogens with one attached hydrogen (secondary N) is 1. The summed E-state index contributed by atoms with van der Waals surface area (Å²) >= 11 is 1.57. The molecule has 1 N–H and O–H groups in total. The fraction of sp³-hybridized carbons (Fsp3) is 0.333. The Labute approximate surface area is 157 Å². The topological polar surface area (TPSA) is 56.1 Å². The van der Waals surface area contributed by atoms with Crippen LogP contribution in [0, 0.1) is 20.8 Å². The summed E-state index contributed by atoms with van der Waals surface area (Å²) < 4.78 is 7.35. The molecule has 0 saturated carbocycles. The van der Waals surface area contributed by atoms with E-state index in [0.29, 0.717) is 0 Å². The van der Waals surface area contributed by atoms with Gasteiger partial charge in [-0.1, -0.05) is 0 Å². The summed E-state index contributed by atoms with van der Waals surface area (Å²) in [5.41, 5.74) is 3.72. The number of fused-ring (bicyclic) bond motifs is 1. The minimum absolute atomic E-state index is 0. The number of hydrogen-bond donors (Lipinski definition) is 1. The van der Waals surface area contributed by atoms with Gasteiger partial charge in [0.25, 0.3) is 0 Å². The Morgan fingerprint density at radius 1 is 1.32 bits per heavy atom. The van der Waals surface area contributed by atoms with Crippen LogP contribution in [0.25, 0.3) is 10.9 Å². The van der Waals surface area contributed by atoms with Crippen LogP contribution >= 0.6 is 23.7 Å². The van der Waals surface area contributed by atoms with Gasteiger partial charge in [0.15, 0.2) is 10.9 Å². The molecule has 7 heteroatoms. The van der Waals surface area contributed by atoms with E-state index in [4.69, 9.17) is 4.74 Å². The Morgan fingerprint density at radius 2 is 2.04 bits per heavy atom. The number of anilines is 1. The number of carbonyl (C=O) groups excluding carboxylic acids is 1. The smallest absolute Gasteiger partial charge is 0.184 e. The lowest BCUT2D eigenvalue weighted by Crippen LogP contribution is -2.15. The number of benzene rings is 1. The van der Waals surface area contributed by atoms with Crippen molar-refractivity contribution in [2.24, 2.45) is 7.05 Å². The molecule has 3 rings (SSSR count). The maximum Gasteiger partial charge on any atom is 0.184 e. The quantitative estimate of drug-likeness (QED) is 0.672. The van der Waals surface area contributed by atoms with Crippen molar-refractivity contribution in [3.63, 3.8) is 0 Å². The highest BCUT2D eigenvalue weighted by Crippen LogP contribution is 2.29. The number of ketones is 1. The molecule has 0 spiro atoms. The van der Waals surface area contributed by atoms with Gasteiger partial charge in [0.2, 0.25) is 0 Å². The largest absolute Gasteiger partial charge is 0.497 e. The number of rotatable bonds is 5. The van der Waals surface area contributed by atoms with E-state index in [1.54, 1.807) is 18.4 Å². The fourth-order valence-corrected chi connectivity index (χ4v) is 3.63. The van der Waals surface area contributed by atoms with Gasteiger partial charge in [0, 0.05) is 34.1 Å². The van der Waals surface area contributed by atoms with Crippen LogP contribution < -0.4 is 10.1 Å². The summed E-state index contributed by atoms with van der Waals surface area (Å²) in [7, 11) is 3.61. The van der Waals surface area contributed by atoms with Crippen LogP contribution in [0.3, 0.4) is 0 Å². The lowest BCUT2D eigenvalue weighted by molar-refractivity contribution is 0.101. The highest BCUT2D eigenvalue weighted by atomic mass is 35.5. The van der Waals surface area contributed by atoms with Gasteiger partial charge in [-0.05, 0) is 39.0 Å². The first-order valence-electron chi connectivity index (χ1n) is 7.76. The molecule has 134 valence electrons. The van der Waals surface area contributed by atoms with Gasteiger partial charge in [0.1, 0.15) is 5.75 Å². The van der Waals surface area contributed by atoms with Gasteiger partial charge in [-0.3, -0.25) is 4.79 Å². The summed E-state index contributed by atoms with van der Waals surface area (Å²) in [6, 6.07) is 5.82. The number of Topliss-reactive ketones (excluding diaryl/α,β-unsaturated/α-hetero) is 1. The van der Waals surface area contributed by atoms with Crippen molar-refractivity contribution in [3.05, 3.63) is 40.0 Å². The molecule has 0 aliphatic rings. The molecule has 25 heavy (non-hydrogen) atoms. The Hall–Kier alpha value is -2.05. The molecule has 0 amide bonds. The van der Waals surface area contributed by atoms with Crippen LogP contribution in [0.15, 0.2) is 18.2 Å². The van der Waals surface area contributed by atoms with Crippen molar-refractivity contribution in [1.82, 2.24) is 9.55 Å². The minimum atomic E-state index is 0. The number of thiazole rings is 1. The second-order valence-corrected chi connectivity index (χ2v) is 7.04. The summed E-state index contributed by atoms with van der Waals surface area (Å²) in [5.74, 6) is 0.804. The van der Waals surface area contributed by atoms with Crippen molar-refractivity contribution in [1.29, 1.82) is 0 Å². The van der Waals surface area contributed by atoms with Crippen molar-refractivity contribution >= 4 is 45.6 Å². The van der Waals surface area contributed by atoms with E-state index in [9.17, 15) is 4.79 Å². The number of carbonyl (C=O) groups is 1. The first kappa shape index (κ1) is 19.3. The molecular formula is C18H22ClN3O2S. The highest BCUT2D eigenvalue weighted by Gasteiger charge is 2.19. The van der Waals surface area contributed by atoms with Gasteiger partial charge < -0.3 is 14.6 Å². The molecule has 0 aliphatic heterocycles. The lowest BCUT2D eigenvalue weighted by atomic mass is 10.1. The van der Waals surface area contributed by atoms with Gasteiger partial charge in [-0.15, -0.1) is 23.7 Å². The summed E-state index contributed by atoms with van der Waals surface area (Å²) in [4.78, 5) is 18.4. The van der Waals surface area contributed by atoms with E-state index in [1.807, 2.05) is 50.6 Å². The van der Waals surface area contributed by atoms with Crippen molar-refractivity contribution in [3.8, 4) is 5.75 Å². The van der Waals surface area contributed by atoms with Crippen molar-refractivity contribution in [2.75, 3.05) is 19.0 Å². The SMILES string of the molecule is COc1ccc2c(c1)c(C(=O)CNc1nc(C)c(C)s1)c(C)n2C.Cl. The van der Waals surface area contributed by atoms with Crippen LogP contribution in [0.5, 0.6) is 5.75 Å². The van der Waals surface area contributed by atoms with E-state index < -0.39 is 0 Å². The molecule has 5 nitrogen and oxygen atoms in total. The molecule has 0 fully saturated rings. The van der Waals surface area contributed by atoms with Gasteiger partial charge in [0.05, 0.1) is 19.3 Å². The van der Waals surface area contributed by atoms with E-state index >= 15 is 0 Å². The molecule has 0 aliphatic carbocycles. The van der Waals surface area contributed by atoms with Crippen LogP contribution in [0.2, 0.25) is 0 Å². The molecular weight excluding hydrogens is 358 g/mol. The van der Waals surface area contributed by atoms with Gasteiger partial charge >= 0.3 is 0 Å². The lowest BCUT2D eigenvalue weighted by Gasteiger charge is -2.04. The third kappa shape index (κ3) is 3.50. The maximum atomic E-state index is 12.8. The highest BCUT2D eigenvalue weighted by molar-refractivity contribution is 7.15. The number of hydrogen-bond acceptors (Lipinski definition) is 5. The molecule has 0 atom stereocenters. The molecule has 0 bridgehead atoms. The second-order valence-electron chi connectivity index (χ2n) is 5.84. The van der Waals surface area contributed by atoms with E-state index in [0.717, 1.165) is 43.6 Å². The normalized spacial score (nSPS) is 10.6. The second kappa shape index (κ2) is 7.45.